The number of nitrogens with one attached hydrogen (secondary N) is 2. The Morgan fingerprint density at radius 1 is 0.975 bits per heavy atom. The number of carbonyl (C=O) groups excluding carboxylic acids is 5. The number of benzene rings is 2. The average molecular weight is 583 g/mol. The van der Waals surface area contributed by atoms with Crippen LogP contribution < -0.4 is 15.5 Å². The van der Waals surface area contributed by atoms with Crippen LogP contribution in [0, 0.1) is 6.92 Å². The van der Waals surface area contributed by atoms with E-state index in [1.807, 2.05) is 0 Å². The van der Waals surface area contributed by atoms with Gasteiger partial charge in [-0.3, -0.25) is 19.7 Å². The molecule has 0 unspecified atom stereocenters. The molecule has 1 aliphatic heterocycles. The molecular weight excluding hydrogens is 560 g/mol. The van der Waals surface area contributed by atoms with Gasteiger partial charge < -0.3 is 14.8 Å². The van der Waals surface area contributed by atoms with Crippen LogP contribution in [0.1, 0.15) is 49.9 Å². The van der Waals surface area contributed by atoms with Gasteiger partial charge in [-0.2, -0.15) is 0 Å². The normalized spacial score (nSPS) is 12.9. The first-order chi connectivity index (χ1) is 19.2. The number of aryl methyl sites for hydroxylation is 1. The summed E-state index contributed by atoms with van der Waals surface area (Å²) < 4.78 is 10.0. The summed E-state index contributed by atoms with van der Waals surface area (Å²) in [5.74, 6) is -3.35. The Morgan fingerprint density at radius 3 is 2.40 bits per heavy atom. The van der Waals surface area contributed by atoms with Crippen molar-refractivity contribution in [3.63, 3.8) is 0 Å². The van der Waals surface area contributed by atoms with Crippen molar-refractivity contribution in [1.82, 2.24) is 4.98 Å². The monoisotopic (exact) mass is 582 g/mol. The van der Waals surface area contributed by atoms with Gasteiger partial charge >= 0.3 is 11.9 Å². The molecule has 11 nitrogen and oxygen atoms in total. The van der Waals surface area contributed by atoms with E-state index in [0.29, 0.717) is 11.4 Å². The SMILES string of the molecule is CCOC(=O)c1ccccc1N1C(=O)C(Cl)=C(Nc2cccc(C(=O)Nc3nc(C)c(C(=O)OCC)s3)c2)C1=O. The molecule has 13 heteroatoms. The zero-order valence-electron chi connectivity index (χ0n) is 21.6. The van der Waals surface area contributed by atoms with Gasteiger partial charge in [0.2, 0.25) is 0 Å². The summed E-state index contributed by atoms with van der Waals surface area (Å²) in [4.78, 5) is 68.9. The predicted octanol–water partition coefficient (Wildman–Crippen LogP) is 4.49. The molecule has 0 spiro atoms. The van der Waals surface area contributed by atoms with Gasteiger partial charge in [-0.05, 0) is 51.1 Å². The van der Waals surface area contributed by atoms with Crippen LogP contribution in [0.5, 0.6) is 0 Å². The van der Waals surface area contributed by atoms with E-state index in [1.165, 1.54) is 24.3 Å². The number of halogens is 1. The fourth-order valence-electron chi connectivity index (χ4n) is 3.77. The van der Waals surface area contributed by atoms with Gasteiger partial charge in [0.1, 0.15) is 15.6 Å². The first-order valence-corrected chi connectivity index (χ1v) is 13.2. The van der Waals surface area contributed by atoms with E-state index in [0.717, 1.165) is 16.2 Å². The number of esters is 2. The van der Waals surface area contributed by atoms with E-state index in [4.69, 9.17) is 21.1 Å². The highest BCUT2D eigenvalue weighted by Crippen LogP contribution is 2.33. The number of thiazole rings is 1. The number of para-hydroxylation sites is 1. The summed E-state index contributed by atoms with van der Waals surface area (Å²) in [7, 11) is 0. The average Bonchev–Trinajstić information content (AvgIpc) is 3.40. The lowest BCUT2D eigenvalue weighted by Crippen LogP contribution is -2.33. The molecule has 0 fully saturated rings. The molecule has 1 aromatic heterocycles. The molecule has 2 aromatic carbocycles. The van der Waals surface area contributed by atoms with Crippen LogP contribution in [0.15, 0.2) is 59.3 Å². The smallest absolute Gasteiger partial charge is 0.350 e. The lowest BCUT2D eigenvalue weighted by atomic mass is 10.1. The molecule has 0 saturated carbocycles. The number of hydrogen-bond acceptors (Lipinski definition) is 10. The molecule has 0 aliphatic carbocycles. The van der Waals surface area contributed by atoms with Crippen molar-refractivity contribution in [2.45, 2.75) is 20.8 Å². The number of carbonyl (C=O) groups is 5. The summed E-state index contributed by atoms with van der Waals surface area (Å²) >= 11 is 7.24. The number of amides is 3. The number of ether oxygens (including phenoxy) is 2. The van der Waals surface area contributed by atoms with Crippen LogP contribution in [-0.2, 0) is 19.1 Å². The number of anilines is 3. The van der Waals surface area contributed by atoms with Gasteiger partial charge in [-0.25, -0.2) is 19.5 Å². The predicted molar refractivity (Wildman–Crippen MR) is 149 cm³/mol. The molecule has 0 bridgehead atoms. The van der Waals surface area contributed by atoms with Crippen LogP contribution in [0.4, 0.5) is 16.5 Å². The Morgan fingerprint density at radius 2 is 1.68 bits per heavy atom. The van der Waals surface area contributed by atoms with Gasteiger partial charge in [0.15, 0.2) is 5.13 Å². The maximum Gasteiger partial charge on any atom is 0.350 e. The van der Waals surface area contributed by atoms with Crippen LogP contribution in [-0.4, -0.2) is 47.9 Å². The molecule has 4 rings (SSSR count). The zero-order chi connectivity index (χ0) is 29.0. The molecule has 2 N–H and O–H groups in total. The summed E-state index contributed by atoms with van der Waals surface area (Å²) in [6.45, 7) is 5.28. The second kappa shape index (κ2) is 12.1. The maximum atomic E-state index is 13.3. The lowest BCUT2D eigenvalue weighted by Gasteiger charge is -2.18. The molecule has 40 heavy (non-hydrogen) atoms. The third-order valence-corrected chi connectivity index (χ3v) is 6.94. The van der Waals surface area contributed by atoms with Gasteiger partial charge in [0, 0.05) is 11.3 Å². The lowest BCUT2D eigenvalue weighted by molar-refractivity contribution is -0.120. The van der Waals surface area contributed by atoms with E-state index < -0.39 is 29.7 Å². The van der Waals surface area contributed by atoms with Crippen molar-refractivity contribution in [2.75, 3.05) is 28.7 Å². The molecule has 0 atom stereocenters. The summed E-state index contributed by atoms with van der Waals surface area (Å²) in [6.07, 6.45) is 0. The quantitative estimate of drug-likeness (QED) is 0.275. The van der Waals surface area contributed by atoms with Gasteiger partial charge in [0.05, 0.1) is 30.2 Å². The zero-order valence-corrected chi connectivity index (χ0v) is 23.1. The van der Waals surface area contributed by atoms with E-state index in [-0.39, 0.29) is 50.8 Å². The summed E-state index contributed by atoms with van der Waals surface area (Å²) in [5.41, 5.74) is 0.754. The Hall–Kier alpha value is -4.55. The molecule has 1 aliphatic rings. The fourth-order valence-corrected chi connectivity index (χ4v) is 4.84. The minimum absolute atomic E-state index is 0.0268. The molecule has 2 heterocycles. The highest BCUT2D eigenvalue weighted by Gasteiger charge is 2.40. The Kier molecular flexibility index (Phi) is 8.61. The maximum absolute atomic E-state index is 13.3. The molecule has 3 amide bonds. The molecular formula is C27H23ClN4O7S. The van der Waals surface area contributed by atoms with Crippen molar-refractivity contribution in [3.05, 3.63) is 81.0 Å². The Balaban J connectivity index is 1.53. The van der Waals surface area contributed by atoms with Crippen LogP contribution in [0.3, 0.4) is 0 Å². The number of hydrogen-bond donors (Lipinski definition) is 2. The summed E-state index contributed by atoms with van der Waals surface area (Å²) in [6, 6.07) is 12.2. The van der Waals surface area contributed by atoms with Crippen LogP contribution >= 0.6 is 22.9 Å². The number of aromatic nitrogens is 1. The summed E-state index contributed by atoms with van der Waals surface area (Å²) in [5, 5.41) is 5.27. The van der Waals surface area contributed by atoms with Crippen LogP contribution in [0.25, 0.3) is 0 Å². The molecule has 0 radical (unpaired) electrons. The van der Waals surface area contributed by atoms with Crippen molar-refractivity contribution >= 4 is 69.1 Å². The van der Waals surface area contributed by atoms with E-state index >= 15 is 0 Å². The third kappa shape index (κ3) is 5.72. The second-order valence-electron chi connectivity index (χ2n) is 8.19. The van der Waals surface area contributed by atoms with Crippen molar-refractivity contribution in [2.24, 2.45) is 0 Å². The Labute approximate surface area is 237 Å². The van der Waals surface area contributed by atoms with E-state index in [2.05, 4.69) is 15.6 Å². The second-order valence-corrected chi connectivity index (χ2v) is 9.56. The minimum atomic E-state index is -0.823. The first kappa shape index (κ1) is 28.5. The van der Waals surface area contributed by atoms with Gasteiger partial charge in [-0.15, -0.1) is 0 Å². The van der Waals surface area contributed by atoms with Gasteiger partial charge in [-0.1, -0.05) is 41.1 Å². The largest absolute Gasteiger partial charge is 0.462 e. The standard InChI is InChI=1S/C27H23ClN4O7S/c1-4-38-25(36)17-11-6-7-12-18(17)32-23(34)19(28)20(24(32)35)30-16-10-8-9-15(13-16)22(33)31-27-29-14(3)21(40-27)26(37)39-5-2/h6-13,30H,4-5H2,1-3H3,(H,29,31,33). The fraction of sp³-hybridized carbons (Fsp3) is 0.185. The number of rotatable bonds is 9. The van der Waals surface area contributed by atoms with Crippen LogP contribution in [0.2, 0.25) is 0 Å². The Bertz CT molecular complexity index is 1570. The first-order valence-electron chi connectivity index (χ1n) is 12.0. The number of imide groups is 1. The van der Waals surface area contributed by atoms with Crippen molar-refractivity contribution in [3.8, 4) is 0 Å². The third-order valence-electron chi connectivity index (χ3n) is 5.54. The minimum Gasteiger partial charge on any atom is -0.462 e. The van der Waals surface area contributed by atoms with E-state index in [9.17, 15) is 24.0 Å². The van der Waals surface area contributed by atoms with E-state index in [1.54, 1.807) is 45.0 Å². The highest BCUT2D eigenvalue weighted by molar-refractivity contribution is 7.17. The molecule has 0 saturated heterocycles. The highest BCUT2D eigenvalue weighted by atomic mass is 35.5. The van der Waals surface area contributed by atoms with Gasteiger partial charge in [0.25, 0.3) is 17.7 Å². The molecule has 3 aromatic rings. The molecule has 206 valence electrons. The topological polar surface area (TPSA) is 144 Å². The number of nitrogens with zero attached hydrogens (tertiary/aromatic N) is 2. The van der Waals surface area contributed by atoms with Crippen molar-refractivity contribution in [1.29, 1.82) is 0 Å². The van der Waals surface area contributed by atoms with Crippen molar-refractivity contribution < 1.29 is 33.4 Å².